The lowest BCUT2D eigenvalue weighted by Crippen LogP contribution is -2.33. The number of benzene rings is 4. The normalized spacial score (nSPS) is 14.8. The second kappa shape index (κ2) is 6.74. The van der Waals surface area contributed by atoms with Crippen LogP contribution in [0, 0.1) is 0 Å². The third-order valence-corrected chi connectivity index (χ3v) is 5.96. The fourth-order valence-electron chi connectivity index (χ4n) is 4.62. The summed E-state index contributed by atoms with van der Waals surface area (Å²) in [5, 5.41) is 3.54. The molecule has 0 saturated carbocycles. The van der Waals surface area contributed by atoms with Gasteiger partial charge in [0.2, 0.25) is 0 Å². The van der Waals surface area contributed by atoms with Gasteiger partial charge in [0, 0.05) is 28.9 Å². The van der Waals surface area contributed by atoms with Crippen LogP contribution in [-0.4, -0.2) is 5.97 Å². The summed E-state index contributed by atoms with van der Waals surface area (Å²) in [5.41, 5.74) is 4.04. The molecule has 0 amide bonds. The molecule has 1 spiro atoms. The summed E-state index contributed by atoms with van der Waals surface area (Å²) >= 11 is 0. The summed E-state index contributed by atoms with van der Waals surface area (Å²) in [6.07, 6.45) is 0. The van der Waals surface area contributed by atoms with Gasteiger partial charge >= 0.3 is 5.97 Å². The predicted molar refractivity (Wildman–Crippen MR) is 118 cm³/mol. The van der Waals surface area contributed by atoms with E-state index in [4.69, 9.17) is 9.47 Å². The van der Waals surface area contributed by atoms with Crippen molar-refractivity contribution in [2.75, 3.05) is 5.32 Å². The smallest absolute Gasteiger partial charge is 0.340 e. The van der Waals surface area contributed by atoms with Gasteiger partial charge < -0.3 is 14.8 Å². The van der Waals surface area contributed by atoms with Gasteiger partial charge in [-0.15, -0.1) is 0 Å². The minimum absolute atomic E-state index is 0.329. The average Bonchev–Trinajstić information content (AvgIpc) is 3.12. The van der Waals surface area contributed by atoms with E-state index in [0.29, 0.717) is 23.6 Å². The maximum atomic E-state index is 13.1. The molecular formula is C27H19NO3. The van der Waals surface area contributed by atoms with E-state index in [1.54, 1.807) is 0 Å². The molecular weight excluding hydrogens is 386 g/mol. The van der Waals surface area contributed by atoms with Gasteiger partial charge in [0.05, 0.1) is 5.56 Å². The van der Waals surface area contributed by atoms with Crippen molar-refractivity contribution in [1.29, 1.82) is 0 Å². The van der Waals surface area contributed by atoms with Crippen molar-refractivity contribution in [3.63, 3.8) is 0 Å². The van der Waals surface area contributed by atoms with Crippen LogP contribution in [0.25, 0.3) is 0 Å². The largest absolute Gasteiger partial charge is 0.456 e. The van der Waals surface area contributed by atoms with Crippen molar-refractivity contribution in [1.82, 2.24) is 0 Å². The van der Waals surface area contributed by atoms with Crippen LogP contribution in [0.15, 0.2) is 97.1 Å². The summed E-state index contributed by atoms with van der Waals surface area (Å²) in [6, 6.07) is 31.5. The van der Waals surface area contributed by atoms with E-state index >= 15 is 0 Å². The molecule has 4 aromatic carbocycles. The van der Waals surface area contributed by atoms with E-state index in [9.17, 15) is 4.79 Å². The molecule has 1 N–H and O–H groups in total. The number of hydrogen-bond acceptors (Lipinski definition) is 4. The number of para-hydroxylation sites is 2. The molecule has 0 unspecified atom stereocenters. The molecule has 31 heavy (non-hydrogen) atoms. The maximum Gasteiger partial charge on any atom is 0.340 e. The summed E-state index contributed by atoms with van der Waals surface area (Å²) in [7, 11) is 0. The standard InChI is InChI=1S/C27H19NO3/c29-26-19-11-8-14-22(28-17-18-9-2-1-3-10-18)25(19)27(31-26)20-12-4-6-15-23(20)30-24-16-7-5-13-21(24)27/h1-16,28H,17H2. The van der Waals surface area contributed by atoms with E-state index in [0.717, 1.165) is 27.9 Å². The van der Waals surface area contributed by atoms with Crippen molar-refractivity contribution in [2.45, 2.75) is 12.1 Å². The molecule has 0 saturated heterocycles. The van der Waals surface area contributed by atoms with Gasteiger partial charge in [0.25, 0.3) is 0 Å². The Balaban J connectivity index is 1.58. The van der Waals surface area contributed by atoms with Gasteiger partial charge in [-0.05, 0) is 29.8 Å². The maximum absolute atomic E-state index is 13.1. The molecule has 6 rings (SSSR count). The number of fused-ring (bicyclic) bond motifs is 6. The van der Waals surface area contributed by atoms with Crippen molar-refractivity contribution in [2.24, 2.45) is 0 Å². The summed E-state index contributed by atoms with van der Waals surface area (Å²) in [5.74, 6) is 1.06. The third kappa shape index (κ3) is 2.58. The van der Waals surface area contributed by atoms with Crippen molar-refractivity contribution in [3.8, 4) is 11.5 Å². The first kappa shape index (κ1) is 17.8. The van der Waals surface area contributed by atoms with E-state index in [-0.39, 0.29) is 5.97 Å². The summed E-state index contributed by atoms with van der Waals surface area (Å²) in [6.45, 7) is 0.640. The molecule has 2 heterocycles. The van der Waals surface area contributed by atoms with Crippen molar-refractivity contribution in [3.05, 3.63) is 125 Å². The second-order valence-corrected chi connectivity index (χ2v) is 7.73. The molecule has 2 aliphatic heterocycles. The Morgan fingerprint density at radius 3 is 2.06 bits per heavy atom. The molecule has 0 bridgehead atoms. The highest BCUT2D eigenvalue weighted by Crippen LogP contribution is 2.57. The fourth-order valence-corrected chi connectivity index (χ4v) is 4.62. The number of carbonyl (C=O) groups is 1. The second-order valence-electron chi connectivity index (χ2n) is 7.73. The van der Waals surface area contributed by atoms with Gasteiger partial charge in [-0.25, -0.2) is 4.79 Å². The van der Waals surface area contributed by atoms with Gasteiger partial charge in [0.15, 0.2) is 5.60 Å². The topological polar surface area (TPSA) is 47.6 Å². The molecule has 150 valence electrons. The van der Waals surface area contributed by atoms with Crippen LogP contribution >= 0.6 is 0 Å². The number of rotatable bonds is 3. The fraction of sp³-hybridized carbons (Fsp3) is 0.0741. The molecule has 0 radical (unpaired) electrons. The van der Waals surface area contributed by atoms with E-state index in [1.165, 1.54) is 0 Å². The highest BCUT2D eigenvalue weighted by molar-refractivity contribution is 5.99. The molecule has 4 nitrogen and oxygen atoms in total. The van der Waals surface area contributed by atoms with E-state index < -0.39 is 5.60 Å². The Bertz CT molecular complexity index is 1270. The van der Waals surface area contributed by atoms with Crippen LogP contribution in [0.1, 0.15) is 32.6 Å². The number of carbonyl (C=O) groups excluding carboxylic acids is 1. The lowest BCUT2D eigenvalue weighted by molar-refractivity contribution is 0.0226. The van der Waals surface area contributed by atoms with Crippen LogP contribution in [0.4, 0.5) is 5.69 Å². The van der Waals surface area contributed by atoms with Gasteiger partial charge in [-0.3, -0.25) is 0 Å². The zero-order chi connectivity index (χ0) is 20.8. The number of anilines is 1. The van der Waals surface area contributed by atoms with E-state index in [2.05, 4.69) is 17.4 Å². The van der Waals surface area contributed by atoms with Gasteiger partial charge in [-0.2, -0.15) is 0 Å². The Hall–Kier alpha value is -4.05. The van der Waals surface area contributed by atoms with Crippen LogP contribution in [0.2, 0.25) is 0 Å². The molecule has 4 aromatic rings. The minimum Gasteiger partial charge on any atom is -0.456 e. The molecule has 0 aromatic heterocycles. The lowest BCUT2D eigenvalue weighted by atomic mass is 9.77. The zero-order valence-electron chi connectivity index (χ0n) is 16.7. The van der Waals surface area contributed by atoms with E-state index in [1.807, 2.05) is 84.9 Å². The SMILES string of the molecule is O=C1OC2(c3ccccc3Oc3ccccc32)c2c(NCc3ccccc3)cccc21. The molecule has 0 atom stereocenters. The number of esters is 1. The van der Waals surface area contributed by atoms with Crippen LogP contribution < -0.4 is 10.1 Å². The van der Waals surface area contributed by atoms with Crippen molar-refractivity contribution < 1.29 is 14.3 Å². The Labute approximate surface area is 180 Å². The molecule has 0 fully saturated rings. The first-order chi connectivity index (χ1) is 15.3. The number of hydrogen-bond donors (Lipinski definition) is 1. The van der Waals surface area contributed by atoms with Gasteiger partial charge in [0.1, 0.15) is 11.5 Å². The lowest BCUT2D eigenvalue weighted by Gasteiger charge is -2.37. The number of ether oxygens (including phenoxy) is 2. The third-order valence-electron chi connectivity index (χ3n) is 5.96. The molecule has 4 heteroatoms. The van der Waals surface area contributed by atoms with Gasteiger partial charge in [-0.1, -0.05) is 72.8 Å². The highest BCUT2D eigenvalue weighted by Gasteiger charge is 2.54. The molecule has 2 aliphatic rings. The highest BCUT2D eigenvalue weighted by atomic mass is 16.6. The van der Waals surface area contributed by atoms with Crippen LogP contribution in [-0.2, 0) is 16.9 Å². The Kier molecular flexibility index (Phi) is 3.87. The van der Waals surface area contributed by atoms with Crippen molar-refractivity contribution >= 4 is 11.7 Å². The first-order valence-electron chi connectivity index (χ1n) is 10.3. The minimum atomic E-state index is -1.06. The summed E-state index contributed by atoms with van der Waals surface area (Å²) < 4.78 is 12.4. The first-order valence-corrected chi connectivity index (χ1v) is 10.3. The summed E-state index contributed by atoms with van der Waals surface area (Å²) in [4.78, 5) is 13.1. The Morgan fingerprint density at radius 2 is 1.35 bits per heavy atom. The average molecular weight is 405 g/mol. The quantitative estimate of drug-likeness (QED) is 0.433. The monoisotopic (exact) mass is 405 g/mol. The number of nitrogens with one attached hydrogen (secondary N) is 1. The Morgan fingerprint density at radius 1 is 0.710 bits per heavy atom. The zero-order valence-corrected chi connectivity index (χ0v) is 16.7. The van der Waals surface area contributed by atoms with Crippen LogP contribution in [0.5, 0.6) is 11.5 Å². The predicted octanol–water partition coefficient (Wildman–Crippen LogP) is 5.87. The van der Waals surface area contributed by atoms with Crippen LogP contribution in [0.3, 0.4) is 0 Å². The molecule has 0 aliphatic carbocycles.